The third-order valence-electron chi connectivity index (χ3n) is 4.56. The zero-order chi connectivity index (χ0) is 14.4. The molecule has 110 valence electrons. The first kappa shape index (κ1) is 13.7. The van der Waals surface area contributed by atoms with Crippen molar-refractivity contribution in [3.63, 3.8) is 0 Å². The molecule has 0 aromatic rings. The van der Waals surface area contributed by atoms with Crippen molar-refractivity contribution in [1.82, 2.24) is 9.80 Å². The smallest absolute Gasteiger partial charge is 0.246 e. The van der Waals surface area contributed by atoms with Crippen molar-refractivity contribution in [3.05, 3.63) is 0 Å². The van der Waals surface area contributed by atoms with Gasteiger partial charge in [-0.3, -0.25) is 14.4 Å². The highest BCUT2D eigenvalue weighted by Gasteiger charge is 2.49. The number of nitrogens with two attached hydrogens (primary N) is 1. The lowest BCUT2D eigenvalue weighted by Crippen LogP contribution is -2.55. The van der Waals surface area contributed by atoms with Crippen LogP contribution >= 0.6 is 11.8 Å². The van der Waals surface area contributed by atoms with E-state index in [1.807, 2.05) is 11.8 Å². The van der Waals surface area contributed by atoms with Crippen LogP contribution in [-0.4, -0.2) is 63.2 Å². The summed E-state index contributed by atoms with van der Waals surface area (Å²) in [5, 5.41) is 0.336. The summed E-state index contributed by atoms with van der Waals surface area (Å²) in [6.45, 7) is 2.14. The van der Waals surface area contributed by atoms with Gasteiger partial charge in [0, 0.05) is 30.5 Å². The molecule has 20 heavy (non-hydrogen) atoms. The highest BCUT2D eigenvalue weighted by Crippen LogP contribution is 2.37. The monoisotopic (exact) mass is 297 g/mol. The van der Waals surface area contributed by atoms with Gasteiger partial charge in [0.1, 0.15) is 12.1 Å². The normalized spacial score (nSPS) is 36.5. The number of fused-ring (bicyclic) bond motifs is 3. The highest BCUT2D eigenvalue weighted by molar-refractivity contribution is 8.00. The topological polar surface area (TPSA) is 83.7 Å². The number of hydrogen-bond donors (Lipinski definition) is 1. The standard InChI is InChI=1S/C13H19N3O3S/c1-7(17)15-5-9-4-11(15)13(19)16-8(6-20-9)2-3-10(16)12(14)18/h8-11H,2-6H2,1H3,(H2,14,18)/t8-,9+,10-,11+/m1/s1. The predicted octanol–water partition coefficient (Wildman–Crippen LogP) is -0.432. The number of hydrogen-bond acceptors (Lipinski definition) is 4. The number of amides is 3. The molecule has 0 spiro atoms. The molecule has 3 rings (SSSR count). The molecule has 3 aliphatic heterocycles. The summed E-state index contributed by atoms with van der Waals surface area (Å²) in [4.78, 5) is 39.4. The summed E-state index contributed by atoms with van der Waals surface area (Å²) in [5.74, 6) is 0.239. The summed E-state index contributed by atoms with van der Waals surface area (Å²) in [7, 11) is 0. The van der Waals surface area contributed by atoms with E-state index in [0.29, 0.717) is 24.6 Å². The molecule has 0 aromatic carbocycles. The molecule has 6 nitrogen and oxygen atoms in total. The Bertz CT molecular complexity index is 458. The van der Waals surface area contributed by atoms with Crippen LogP contribution in [0.1, 0.15) is 26.2 Å². The molecule has 4 atom stereocenters. The minimum Gasteiger partial charge on any atom is -0.368 e. The third kappa shape index (κ3) is 2.08. The molecule has 0 unspecified atom stereocenters. The Balaban J connectivity index is 1.91. The zero-order valence-corrected chi connectivity index (χ0v) is 12.3. The maximum Gasteiger partial charge on any atom is 0.246 e. The molecular formula is C13H19N3O3S. The van der Waals surface area contributed by atoms with Crippen molar-refractivity contribution < 1.29 is 14.4 Å². The zero-order valence-electron chi connectivity index (χ0n) is 11.4. The van der Waals surface area contributed by atoms with Crippen LogP contribution in [0.3, 0.4) is 0 Å². The molecule has 2 bridgehead atoms. The van der Waals surface area contributed by atoms with E-state index in [9.17, 15) is 14.4 Å². The first-order valence-corrected chi connectivity index (χ1v) is 8.04. The lowest BCUT2D eigenvalue weighted by molar-refractivity contribution is -0.146. The molecule has 7 heteroatoms. The van der Waals surface area contributed by atoms with Crippen molar-refractivity contribution in [2.45, 2.75) is 49.6 Å². The lowest BCUT2D eigenvalue weighted by Gasteiger charge is -2.34. The summed E-state index contributed by atoms with van der Waals surface area (Å²) in [6, 6.07) is -0.825. The summed E-state index contributed by atoms with van der Waals surface area (Å²) in [6.07, 6.45) is 2.16. The summed E-state index contributed by atoms with van der Waals surface area (Å²) < 4.78 is 0. The van der Waals surface area contributed by atoms with Crippen LogP contribution in [0.5, 0.6) is 0 Å². The van der Waals surface area contributed by atoms with Gasteiger partial charge >= 0.3 is 0 Å². The number of carbonyl (C=O) groups excluding carboxylic acids is 3. The minimum absolute atomic E-state index is 0.0697. The third-order valence-corrected chi connectivity index (χ3v) is 5.95. The van der Waals surface area contributed by atoms with Gasteiger partial charge in [0.25, 0.3) is 0 Å². The van der Waals surface area contributed by atoms with Gasteiger partial charge in [-0.25, -0.2) is 0 Å². The van der Waals surface area contributed by atoms with Gasteiger partial charge in [-0.1, -0.05) is 0 Å². The van der Waals surface area contributed by atoms with Crippen molar-refractivity contribution in [1.29, 1.82) is 0 Å². The molecule has 0 aliphatic carbocycles. The van der Waals surface area contributed by atoms with Crippen LogP contribution in [0.2, 0.25) is 0 Å². The number of nitrogens with zero attached hydrogens (tertiary/aromatic N) is 2. The quantitative estimate of drug-likeness (QED) is 0.712. The fraction of sp³-hybridized carbons (Fsp3) is 0.769. The second kappa shape index (κ2) is 4.95. The Labute approximate surface area is 122 Å². The SMILES string of the molecule is CC(=O)N1C[C@@H]2C[C@H]1C(=O)N1[C@H](CC[C@@H]1C(N)=O)CS2. The number of rotatable bonds is 1. The van der Waals surface area contributed by atoms with E-state index in [4.69, 9.17) is 5.73 Å². The summed E-state index contributed by atoms with van der Waals surface area (Å²) >= 11 is 1.81. The second-order valence-corrected chi connectivity index (χ2v) is 7.11. The van der Waals surface area contributed by atoms with Crippen LogP contribution in [0, 0.1) is 0 Å². The molecule has 0 aromatic heterocycles. The number of carbonyl (C=O) groups is 3. The Morgan fingerprint density at radius 2 is 2.10 bits per heavy atom. The van der Waals surface area contributed by atoms with Gasteiger partial charge in [0.05, 0.1) is 0 Å². The van der Waals surface area contributed by atoms with Gasteiger partial charge in [-0.15, -0.1) is 0 Å². The van der Waals surface area contributed by atoms with E-state index in [0.717, 1.165) is 12.2 Å². The van der Waals surface area contributed by atoms with Crippen molar-refractivity contribution in [2.24, 2.45) is 5.73 Å². The van der Waals surface area contributed by atoms with Gasteiger partial charge in [0.15, 0.2) is 0 Å². The molecule has 3 fully saturated rings. The fourth-order valence-electron chi connectivity index (χ4n) is 3.58. The molecule has 2 N–H and O–H groups in total. The molecular weight excluding hydrogens is 278 g/mol. The van der Waals surface area contributed by atoms with Gasteiger partial charge in [-0.05, 0) is 19.3 Å². The van der Waals surface area contributed by atoms with E-state index in [1.165, 1.54) is 6.92 Å². The Hall–Kier alpha value is -1.24. The van der Waals surface area contributed by atoms with Gasteiger partial charge in [-0.2, -0.15) is 11.8 Å². The van der Waals surface area contributed by atoms with Crippen molar-refractivity contribution in [2.75, 3.05) is 12.3 Å². The molecule has 3 amide bonds. The van der Waals surface area contributed by atoms with Crippen LogP contribution < -0.4 is 5.73 Å². The highest BCUT2D eigenvalue weighted by atomic mass is 32.2. The van der Waals surface area contributed by atoms with Crippen molar-refractivity contribution in [3.8, 4) is 0 Å². The van der Waals surface area contributed by atoms with Gasteiger partial charge in [0.2, 0.25) is 17.7 Å². The first-order chi connectivity index (χ1) is 9.49. The molecule has 3 saturated heterocycles. The maximum absolute atomic E-state index is 12.8. The van der Waals surface area contributed by atoms with Crippen LogP contribution in [0.25, 0.3) is 0 Å². The average molecular weight is 297 g/mol. The molecule has 3 aliphatic rings. The predicted molar refractivity (Wildman–Crippen MR) is 74.9 cm³/mol. The van der Waals surface area contributed by atoms with E-state index < -0.39 is 18.0 Å². The average Bonchev–Trinajstić information content (AvgIpc) is 2.98. The van der Waals surface area contributed by atoms with Crippen LogP contribution in [-0.2, 0) is 14.4 Å². The lowest BCUT2D eigenvalue weighted by atomic mass is 10.1. The number of thioether (sulfide) groups is 1. The maximum atomic E-state index is 12.8. The van der Waals surface area contributed by atoms with Crippen LogP contribution in [0.15, 0.2) is 0 Å². The van der Waals surface area contributed by atoms with E-state index >= 15 is 0 Å². The summed E-state index contributed by atoms with van der Waals surface area (Å²) in [5.41, 5.74) is 5.43. The number of primary amides is 1. The fourth-order valence-corrected chi connectivity index (χ4v) is 4.98. The van der Waals surface area contributed by atoms with Crippen molar-refractivity contribution >= 4 is 29.5 Å². The van der Waals surface area contributed by atoms with E-state index in [-0.39, 0.29) is 17.9 Å². The first-order valence-electron chi connectivity index (χ1n) is 6.99. The Kier molecular flexibility index (Phi) is 3.40. The largest absolute Gasteiger partial charge is 0.368 e. The van der Waals surface area contributed by atoms with Crippen LogP contribution in [0.4, 0.5) is 0 Å². The molecule has 3 heterocycles. The Morgan fingerprint density at radius 3 is 2.75 bits per heavy atom. The van der Waals surface area contributed by atoms with E-state index in [2.05, 4.69) is 0 Å². The number of likely N-dealkylation sites (tertiary alicyclic amines) is 1. The minimum atomic E-state index is -0.501. The Morgan fingerprint density at radius 1 is 1.35 bits per heavy atom. The van der Waals surface area contributed by atoms with E-state index in [1.54, 1.807) is 9.80 Å². The van der Waals surface area contributed by atoms with Gasteiger partial charge < -0.3 is 15.5 Å². The molecule has 0 saturated carbocycles. The molecule has 0 radical (unpaired) electrons. The second-order valence-electron chi connectivity index (χ2n) is 5.77.